The number of carbonyl (C=O) groups excluding carboxylic acids is 2. The lowest BCUT2D eigenvalue weighted by Gasteiger charge is -2.22. The summed E-state index contributed by atoms with van der Waals surface area (Å²) < 4.78 is 1.01. The van der Waals surface area contributed by atoms with Gasteiger partial charge in [-0.25, -0.2) is 0 Å². The van der Waals surface area contributed by atoms with Gasteiger partial charge in [-0.15, -0.1) is 0 Å². The van der Waals surface area contributed by atoms with Crippen LogP contribution in [0.25, 0.3) is 5.57 Å². The first-order valence-electron chi connectivity index (χ1n) is 9.33. The first kappa shape index (κ1) is 21.9. The lowest BCUT2D eigenvalue weighted by molar-refractivity contribution is -0.129. The Morgan fingerprint density at radius 2 is 1.72 bits per heavy atom. The zero-order chi connectivity index (χ0) is 21.0. The second-order valence-corrected chi connectivity index (χ2v) is 9.15. The third kappa shape index (κ3) is 5.44. The summed E-state index contributed by atoms with van der Waals surface area (Å²) in [7, 11) is 0. The Kier molecular flexibility index (Phi) is 7.44. The van der Waals surface area contributed by atoms with Crippen molar-refractivity contribution in [1.82, 2.24) is 9.80 Å². The van der Waals surface area contributed by atoms with Gasteiger partial charge in [-0.1, -0.05) is 48.1 Å². The molecule has 3 rings (SSSR count). The molecule has 0 unspecified atom stereocenters. The van der Waals surface area contributed by atoms with Gasteiger partial charge in [-0.3, -0.25) is 9.59 Å². The number of hydrogen-bond acceptors (Lipinski definition) is 3. The van der Waals surface area contributed by atoms with Gasteiger partial charge in [0.15, 0.2) is 0 Å². The fourth-order valence-electron chi connectivity index (χ4n) is 3.17. The molecule has 4 nitrogen and oxygen atoms in total. The Hall–Kier alpha value is -1.76. The van der Waals surface area contributed by atoms with E-state index in [9.17, 15) is 9.59 Å². The van der Waals surface area contributed by atoms with E-state index >= 15 is 0 Å². The first-order valence-corrected chi connectivity index (χ1v) is 11.3. The van der Waals surface area contributed by atoms with Crippen molar-refractivity contribution in [3.05, 3.63) is 64.1 Å². The smallest absolute Gasteiger partial charge is 0.253 e. The minimum Gasteiger partial charge on any atom is -0.341 e. The molecular formula is C22H22BrClN2O2S. The summed E-state index contributed by atoms with van der Waals surface area (Å²) in [5, 5.41) is 0.579. The number of rotatable bonds is 4. The fourth-order valence-corrected chi connectivity index (χ4v) is 4.83. The van der Waals surface area contributed by atoms with Crippen LogP contribution in [0.1, 0.15) is 18.9 Å². The van der Waals surface area contributed by atoms with Crippen molar-refractivity contribution >= 4 is 56.7 Å². The first-order chi connectivity index (χ1) is 13.9. The molecule has 152 valence electrons. The highest BCUT2D eigenvalue weighted by atomic mass is 79.9. The van der Waals surface area contributed by atoms with Crippen LogP contribution >= 0.6 is 39.3 Å². The van der Waals surface area contributed by atoms with Gasteiger partial charge >= 0.3 is 0 Å². The van der Waals surface area contributed by atoms with E-state index in [1.54, 1.807) is 34.6 Å². The average molecular weight is 494 g/mol. The number of halogens is 2. The normalized spacial score (nSPS) is 14.4. The molecule has 2 aromatic carbocycles. The van der Waals surface area contributed by atoms with Gasteiger partial charge in [0.25, 0.3) is 5.91 Å². The van der Waals surface area contributed by atoms with E-state index in [1.165, 1.54) is 0 Å². The summed E-state index contributed by atoms with van der Waals surface area (Å²) in [6, 6.07) is 13.5. The Morgan fingerprint density at radius 1 is 1.03 bits per heavy atom. The molecule has 2 amide bonds. The van der Waals surface area contributed by atoms with E-state index in [0.29, 0.717) is 42.3 Å². The van der Waals surface area contributed by atoms with E-state index in [2.05, 4.69) is 22.5 Å². The Balaban J connectivity index is 1.71. The largest absolute Gasteiger partial charge is 0.341 e. The Bertz CT molecular complexity index is 950. The molecule has 0 bridgehead atoms. The van der Waals surface area contributed by atoms with Crippen molar-refractivity contribution in [1.29, 1.82) is 0 Å². The van der Waals surface area contributed by atoms with Crippen molar-refractivity contribution in [2.75, 3.05) is 26.2 Å². The Labute approximate surface area is 189 Å². The van der Waals surface area contributed by atoms with Gasteiger partial charge in [-0.2, -0.15) is 0 Å². The van der Waals surface area contributed by atoms with E-state index in [0.717, 1.165) is 20.7 Å². The molecule has 0 atom stereocenters. The molecule has 0 aliphatic carbocycles. The van der Waals surface area contributed by atoms with Crippen LogP contribution in [0.5, 0.6) is 0 Å². The van der Waals surface area contributed by atoms with Crippen molar-refractivity contribution in [2.24, 2.45) is 0 Å². The van der Waals surface area contributed by atoms with Crippen molar-refractivity contribution in [2.45, 2.75) is 23.1 Å². The molecule has 1 saturated heterocycles. The zero-order valence-electron chi connectivity index (χ0n) is 16.2. The van der Waals surface area contributed by atoms with Gasteiger partial charge in [-0.05, 0) is 52.2 Å². The maximum Gasteiger partial charge on any atom is 0.253 e. The summed E-state index contributed by atoms with van der Waals surface area (Å²) in [4.78, 5) is 30.0. The fraction of sp³-hybridized carbons (Fsp3) is 0.273. The van der Waals surface area contributed by atoms with Crippen LogP contribution in [0.2, 0.25) is 5.02 Å². The van der Waals surface area contributed by atoms with Gasteiger partial charge in [0.05, 0.1) is 5.02 Å². The van der Waals surface area contributed by atoms with Crippen LogP contribution in [-0.2, 0) is 9.59 Å². The van der Waals surface area contributed by atoms with Crippen LogP contribution < -0.4 is 0 Å². The molecule has 1 aliphatic rings. The molecule has 0 saturated carbocycles. The lowest BCUT2D eigenvalue weighted by Crippen LogP contribution is -2.36. The minimum atomic E-state index is -0.113. The molecule has 2 aromatic rings. The number of hydrogen-bond donors (Lipinski definition) is 0. The molecule has 0 radical (unpaired) electrons. The van der Waals surface area contributed by atoms with Crippen molar-refractivity contribution in [3.63, 3.8) is 0 Å². The van der Waals surface area contributed by atoms with Gasteiger partial charge in [0.2, 0.25) is 5.91 Å². The highest BCUT2D eigenvalue weighted by molar-refractivity contribution is 9.10. The zero-order valence-corrected chi connectivity index (χ0v) is 19.3. The standard InChI is InChI=1S/C22H22BrClN2O2S/c1-15(22(28)26-11-5-10-25(12-13-26)16(2)27)17-8-9-21(19(24)14-17)29-20-7-4-3-6-18(20)23/h3-4,6-9,14H,1,5,10-13H2,2H3. The second kappa shape index (κ2) is 9.83. The maximum atomic E-state index is 12.9. The molecule has 1 fully saturated rings. The van der Waals surface area contributed by atoms with Crippen molar-refractivity contribution < 1.29 is 9.59 Å². The van der Waals surface area contributed by atoms with Crippen LogP contribution in [0.4, 0.5) is 0 Å². The van der Waals surface area contributed by atoms with Crippen LogP contribution in [-0.4, -0.2) is 47.8 Å². The summed E-state index contributed by atoms with van der Waals surface area (Å²) in [5.41, 5.74) is 1.13. The topological polar surface area (TPSA) is 40.6 Å². The lowest BCUT2D eigenvalue weighted by atomic mass is 10.1. The maximum absolute atomic E-state index is 12.9. The Morgan fingerprint density at radius 3 is 2.41 bits per heavy atom. The van der Waals surface area contributed by atoms with Crippen LogP contribution in [0, 0.1) is 0 Å². The number of nitrogens with zero attached hydrogens (tertiary/aromatic N) is 2. The summed E-state index contributed by atoms with van der Waals surface area (Å²) in [5.74, 6) is -0.0688. The minimum absolute atomic E-state index is 0.0445. The van der Waals surface area contributed by atoms with E-state index < -0.39 is 0 Å². The molecular weight excluding hydrogens is 472 g/mol. The SMILES string of the molecule is C=C(C(=O)N1CCCN(C(C)=O)CC1)c1ccc(Sc2ccccc2Br)c(Cl)c1. The van der Waals surface area contributed by atoms with Crippen LogP contribution in [0.15, 0.2) is 63.3 Å². The summed E-state index contributed by atoms with van der Waals surface area (Å²) in [6.45, 7) is 7.93. The predicted molar refractivity (Wildman–Crippen MR) is 122 cm³/mol. The monoisotopic (exact) mass is 492 g/mol. The molecule has 0 N–H and O–H groups in total. The molecule has 7 heteroatoms. The third-order valence-electron chi connectivity index (χ3n) is 4.82. The molecule has 29 heavy (non-hydrogen) atoms. The summed E-state index contributed by atoms with van der Waals surface area (Å²) >= 11 is 11.6. The number of carbonyl (C=O) groups is 2. The molecule has 0 spiro atoms. The van der Waals surface area contributed by atoms with Crippen molar-refractivity contribution in [3.8, 4) is 0 Å². The number of benzene rings is 2. The van der Waals surface area contributed by atoms with Gasteiger partial charge in [0, 0.05) is 52.9 Å². The van der Waals surface area contributed by atoms with Gasteiger partial charge < -0.3 is 9.80 Å². The highest BCUT2D eigenvalue weighted by Crippen LogP contribution is 2.38. The molecule has 1 heterocycles. The molecule has 1 aliphatic heterocycles. The van der Waals surface area contributed by atoms with E-state index in [-0.39, 0.29) is 11.8 Å². The van der Waals surface area contributed by atoms with Crippen LogP contribution in [0.3, 0.4) is 0 Å². The average Bonchev–Trinajstić information content (AvgIpc) is 2.96. The third-order valence-corrected chi connectivity index (χ3v) is 7.35. The highest BCUT2D eigenvalue weighted by Gasteiger charge is 2.23. The van der Waals surface area contributed by atoms with E-state index in [1.807, 2.05) is 36.4 Å². The number of amides is 2. The predicted octanol–water partition coefficient (Wildman–Crippen LogP) is 5.35. The van der Waals surface area contributed by atoms with Gasteiger partial charge in [0.1, 0.15) is 0 Å². The quantitative estimate of drug-likeness (QED) is 0.539. The molecule has 0 aromatic heterocycles. The van der Waals surface area contributed by atoms with E-state index in [4.69, 9.17) is 11.6 Å². The summed E-state index contributed by atoms with van der Waals surface area (Å²) in [6.07, 6.45) is 0.765. The second-order valence-electron chi connectivity index (χ2n) is 6.81.